The molecule has 0 radical (unpaired) electrons. The number of carbonyl (C=O) groups is 7. The smallest absolute Gasteiger partial charge is 0.326 e. The molecular weight excluding hydrogens is 448 g/mol. The SMILES string of the molecule is O=C(O)CCC(NC(=O)C(CC(=O)O)NC(=O)C(CC(=O)O)NC(=O)C1CCCN1)C(=O)O. The van der Waals surface area contributed by atoms with E-state index in [1.807, 2.05) is 10.6 Å². The van der Waals surface area contributed by atoms with Crippen LogP contribution in [0.15, 0.2) is 0 Å². The van der Waals surface area contributed by atoms with E-state index in [4.69, 9.17) is 20.4 Å². The van der Waals surface area contributed by atoms with Gasteiger partial charge in [0.05, 0.1) is 18.9 Å². The molecule has 184 valence electrons. The number of carboxylic acids is 4. The second-order valence-electron chi connectivity index (χ2n) is 7.30. The molecule has 0 aromatic carbocycles. The fraction of sp³-hybridized carbons (Fsp3) is 0.611. The largest absolute Gasteiger partial charge is 0.481 e. The number of hydrogen-bond donors (Lipinski definition) is 8. The van der Waals surface area contributed by atoms with Crippen LogP contribution >= 0.6 is 0 Å². The van der Waals surface area contributed by atoms with E-state index >= 15 is 0 Å². The van der Waals surface area contributed by atoms with Crippen LogP contribution in [0.5, 0.6) is 0 Å². The monoisotopic (exact) mass is 474 g/mol. The van der Waals surface area contributed by atoms with Crippen LogP contribution < -0.4 is 21.3 Å². The third-order valence-electron chi connectivity index (χ3n) is 4.66. The number of aliphatic carboxylic acids is 4. The Morgan fingerprint density at radius 1 is 0.758 bits per heavy atom. The van der Waals surface area contributed by atoms with E-state index in [2.05, 4.69) is 10.6 Å². The van der Waals surface area contributed by atoms with Crippen molar-refractivity contribution in [2.24, 2.45) is 0 Å². The van der Waals surface area contributed by atoms with Crippen molar-refractivity contribution >= 4 is 41.6 Å². The van der Waals surface area contributed by atoms with E-state index in [0.29, 0.717) is 19.4 Å². The highest BCUT2D eigenvalue weighted by molar-refractivity contribution is 5.97. The van der Waals surface area contributed by atoms with Crippen molar-refractivity contribution in [1.82, 2.24) is 21.3 Å². The number of rotatable bonds is 14. The van der Waals surface area contributed by atoms with Gasteiger partial charge in [-0.15, -0.1) is 0 Å². The van der Waals surface area contributed by atoms with Gasteiger partial charge in [-0.1, -0.05) is 0 Å². The molecule has 0 aromatic heterocycles. The Kier molecular flexibility index (Phi) is 10.7. The molecule has 4 atom stereocenters. The summed E-state index contributed by atoms with van der Waals surface area (Å²) >= 11 is 0. The lowest BCUT2D eigenvalue weighted by atomic mass is 10.1. The second-order valence-corrected chi connectivity index (χ2v) is 7.30. The maximum atomic E-state index is 12.6. The molecular formula is C18H26N4O11. The first-order chi connectivity index (χ1) is 15.4. The van der Waals surface area contributed by atoms with Gasteiger partial charge in [-0.25, -0.2) is 4.79 Å². The van der Waals surface area contributed by atoms with Crippen LogP contribution in [0.3, 0.4) is 0 Å². The van der Waals surface area contributed by atoms with Gasteiger partial charge in [-0.05, 0) is 25.8 Å². The summed E-state index contributed by atoms with van der Waals surface area (Å²) in [6, 6.07) is -5.77. The van der Waals surface area contributed by atoms with Crippen LogP contribution in [0, 0.1) is 0 Å². The zero-order valence-electron chi connectivity index (χ0n) is 17.4. The second kappa shape index (κ2) is 12.9. The van der Waals surface area contributed by atoms with Gasteiger partial charge >= 0.3 is 23.9 Å². The summed E-state index contributed by atoms with van der Waals surface area (Å²) in [5.41, 5.74) is 0. The molecule has 0 bridgehead atoms. The standard InChI is InChI=1S/C18H26N4O11/c23-12(24)4-3-9(18(32)33)20-16(30)10(6-13(25)26)22-17(31)11(7-14(27)28)21-15(29)8-2-1-5-19-8/h8-11,19H,1-7H2,(H,20,30)(H,21,29)(H,22,31)(H,23,24)(H,25,26)(H,27,28)(H,32,33). The minimum absolute atomic E-state index is 0.463. The molecule has 8 N–H and O–H groups in total. The van der Waals surface area contributed by atoms with Crippen LogP contribution in [0.1, 0.15) is 38.5 Å². The summed E-state index contributed by atoms with van der Waals surface area (Å²) in [6.45, 7) is 0.557. The van der Waals surface area contributed by atoms with Crippen molar-refractivity contribution in [2.45, 2.75) is 62.7 Å². The van der Waals surface area contributed by atoms with Crippen molar-refractivity contribution in [3.05, 3.63) is 0 Å². The molecule has 1 fully saturated rings. The maximum Gasteiger partial charge on any atom is 0.326 e. The molecule has 0 saturated carbocycles. The minimum atomic E-state index is -1.82. The van der Waals surface area contributed by atoms with E-state index in [1.165, 1.54) is 0 Å². The topological polar surface area (TPSA) is 249 Å². The molecule has 33 heavy (non-hydrogen) atoms. The average molecular weight is 474 g/mol. The predicted octanol–water partition coefficient (Wildman–Crippen LogP) is -2.91. The van der Waals surface area contributed by atoms with Crippen LogP contribution in [0.4, 0.5) is 0 Å². The zero-order chi connectivity index (χ0) is 25.1. The Morgan fingerprint density at radius 3 is 1.70 bits per heavy atom. The summed E-state index contributed by atoms with van der Waals surface area (Å²) < 4.78 is 0. The van der Waals surface area contributed by atoms with Gasteiger partial charge in [0, 0.05) is 6.42 Å². The summed E-state index contributed by atoms with van der Waals surface area (Å²) in [7, 11) is 0. The Hall–Kier alpha value is -3.75. The van der Waals surface area contributed by atoms with E-state index in [0.717, 1.165) is 0 Å². The molecule has 15 nitrogen and oxygen atoms in total. The van der Waals surface area contributed by atoms with Gasteiger partial charge < -0.3 is 41.7 Å². The summed E-state index contributed by atoms with van der Waals surface area (Å²) in [4.78, 5) is 81.5. The van der Waals surface area contributed by atoms with Gasteiger partial charge in [0.1, 0.15) is 18.1 Å². The molecule has 15 heteroatoms. The van der Waals surface area contributed by atoms with Crippen molar-refractivity contribution in [2.75, 3.05) is 6.54 Å². The number of amides is 3. The molecule has 3 amide bonds. The van der Waals surface area contributed by atoms with Gasteiger partial charge in [-0.3, -0.25) is 28.8 Å². The third-order valence-corrected chi connectivity index (χ3v) is 4.66. The Labute approximate surface area is 186 Å². The lowest BCUT2D eigenvalue weighted by Gasteiger charge is -2.23. The number of nitrogens with one attached hydrogen (secondary N) is 4. The highest BCUT2D eigenvalue weighted by Crippen LogP contribution is 2.07. The van der Waals surface area contributed by atoms with Gasteiger partial charge in [-0.2, -0.15) is 0 Å². The molecule has 0 aliphatic carbocycles. The number of hydrogen-bond acceptors (Lipinski definition) is 8. The lowest BCUT2D eigenvalue weighted by Crippen LogP contribution is -2.57. The minimum Gasteiger partial charge on any atom is -0.481 e. The molecule has 1 aliphatic heterocycles. The van der Waals surface area contributed by atoms with Gasteiger partial charge in [0.15, 0.2) is 0 Å². The van der Waals surface area contributed by atoms with Crippen LogP contribution in [-0.2, 0) is 33.6 Å². The maximum absolute atomic E-state index is 12.6. The number of carbonyl (C=O) groups excluding carboxylic acids is 3. The molecule has 1 heterocycles. The Bertz CT molecular complexity index is 794. The fourth-order valence-electron chi connectivity index (χ4n) is 3.02. The quantitative estimate of drug-likeness (QED) is 0.126. The Balaban J connectivity index is 2.93. The first kappa shape index (κ1) is 27.3. The normalized spacial score (nSPS) is 17.8. The highest BCUT2D eigenvalue weighted by Gasteiger charge is 2.33. The summed E-state index contributed by atoms with van der Waals surface area (Å²) in [5.74, 6) is -8.94. The summed E-state index contributed by atoms with van der Waals surface area (Å²) in [5, 5.41) is 45.0. The van der Waals surface area contributed by atoms with Crippen LogP contribution in [-0.4, -0.2) is 92.7 Å². The molecule has 1 rings (SSSR count). The molecule has 4 unspecified atom stereocenters. The van der Waals surface area contributed by atoms with Gasteiger partial charge in [0.25, 0.3) is 0 Å². The Morgan fingerprint density at radius 2 is 1.27 bits per heavy atom. The summed E-state index contributed by atoms with van der Waals surface area (Å²) in [6.07, 6.45) is -1.79. The van der Waals surface area contributed by atoms with E-state index in [9.17, 15) is 33.6 Å². The van der Waals surface area contributed by atoms with E-state index in [1.54, 1.807) is 0 Å². The van der Waals surface area contributed by atoms with E-state index in [-0.39, 0.29) is 0 Å². The van der Waals surface area contributed by atoms with Crippen molar-refractivity contribution in [1.29, 1.82) is 0 Å². The zero-order valence-corrected chi connectivity index (χ0v) is 17.4. The number of carboxylic acid groups (broad SMARTS) is 4. The molecule has 1 saturated heterocycles. The first-order valence-corrected chi connectivity index (χ1v) is 9.93. The van der Waals surface area contributed by atoms with Crippen LogP contribution in [0.25, 0.3) is 0 Å². The van der Waals surface area contributed by atoms with Crippen molar-refractivity contribution < 1.29 is 54.0 Å². The average Bonchev–Trinajstić information content (AvgIpc) is 3.23. The van der Waals surface area contributed by atoms with Crippen molar-refractivity contribution in [3.8, 4) is 0 Å². The third kappa shape index (κ3) is 9.94. The van der Waals surface area contributed by atoms with Gasteiger partial charge in [0.2, 0.25) is 17.7 Å². The first-order valence-electron chi connectivity index (χ1n) is 9.93. The highest BCUT2D eigenvalue weighted by atomic mass is 16.4. The van der Waals surface area contributed by atoms with Crippen molar-refractivity contribution in [3.63, 3.8) is 0 Å². The van der Waals surface area contributed by atoms with Crippen LogP contribution in [0.2, 0.25) is 0 Å². The molecule has 0 spiro atoms. The predicted molar refractivity (Wildman–Crippen MR) is 106 cm³/mol. The lowest BCUT2D eigenvalue weighted by molar-refractivity contribution is -0.145. The fourth-order valence-corrected chi connectivity index (χ4v) is 3.02. The van der Waals surface area contributed by atoms with E-state index < -0.39 is 91.4 Å². The molecule has 0 aromatic rings. The molecule has 1 aliphatic rings.